The number of methoxy groups -OCH3 is 1. The number of carbonyl (C=O) groups excluding carboxylic acids is 1. The molecule has 1 heterocycles. The minimum atomic E-state index is -3.18. The lowest BCUT2D eigenvalue weighted by Crippen LogP contribution is -2.46. The Balaban J connectivity index is 1.56. The number of benzene rings is 1. The molecule has 0 amide bonds. The van der Waals surface area contributed by atoms with Gasteiger partial charge in [-0.1, -0.05) is 29.3 Å². The van der Waals surface area contributed by atoms with Crippen molar-refractivity contribution in [3.63, 3.8) is 0 Å². The summed E-state index contributed by atoms with van der Waals surface area (Å²) in [6.07, 6.45) is 4.15. The molecule has 2 fully saturated rings. The van der Waals surface area contributed by atoms with Crippen LogP contribution in [-0.4, -0.2) is 57.8 Å². The molecule has 9 heteroatoms. The molecule has 30 heavy (non-hydrogen) atoms. The van der Waals surface area contributed by atoms with Crippen molar-refractivity contribution in [3.8, 4) is 0 Å². The highest BCUT2D eigenvalue weighted by Gasteiger charge is 2.37. The third-order valence-corrected chi connectivity index (χ3v) is 8.55. The quantitative estimate of drug-likeness (QED) is 0.550. The van der Waals surface area contributed by atoms with Crippen LogP contribution >= 0.6 is 23.2 Å². The maximum Gasteiger partial charge on any atom is 0.316 e. The van der Waals surface area contributed by atoms with Gasteiger partial charge >= 0.3 is 5.97 Å². The summed E-state index contributed by atoms with van der Waals surface area (Å²) in [5.74, 6) is 0.289. The van der Waals surface area contributed by atoms with Gasteiger partial charge in [-0.25, -0.2) is 13.1 Å². The molecule has 1 atom stereocenters. The van der Waals surface area contributed by atoms with Crippen molar-refractivity contribution in [3.05, 3.63) is 33.8 Å². The van der Waals surface area contributed by atoms with E-state index >= 15 is 0 Å². The van der Waals surface area contributed by atoms with Crippen molar-refractivity contribution < 1.29 is 17.9 Å². The molecule has 0 radical (unpaired) electrons. The maximum atomic E-state index is 12.6. The van der Waals surface area contributed by atoms with Crippen LogP contribution in [0.2, 0.25) is 10.0 Å². The Hall–Kier alpha value is -0.860. The number of ether oxygens (including phenoxy) is 1. The fourth-order valence-electron chi connectivity index (χ4n) is 3.98. The summed E-state index contributed by atoms with van der Waals surface area (Å²) in [6.45, 7) is 4.13. The van der Waals surface area contributed by atoms with Crippen LogP contribution in [-0.2, 0) is 25.0 Å². The average Bonchev–Trinajstić information content (AvgIpc) is 3.51. The number of likely N-dealkylation sites (tertiary alicyclic amines) is 1. The van der Waals surface area contributed by atoms with E-state index in [9.17, 15) is 13.2 Å². The predicted octanol–water partition coefficient (Wildman–Crippen LogP) is 3.61. The van der Waals surface area contributed by atoms with Crippen molar-refractivity contribution in [2.75, 3.05) is 32.5 Å². The molecule has 1 saturated heterocycles. The van der Waals surface area contributed by atoms with Crippen molar-refractivity contribution in [2.24, 2.45) is 5.92 Å². The van der Waals surface area contributed by atoms with Gasteiger partial charge in [0.2, 0.25) is 10.0 Å². The lowest BCUT2D eigenvalue weighted by molar-refractivity contribution is -0.147. The highest BCUT2D eigenvalue weighted by Crippen LogP contribution is 2.34. The Morgan fingerprint density at radius 1 is 1.20 bits per heavy atom. The van der Waals surface area contributed by atoms with Crippen molar-refractivity contribution in [1.82, 2.24) is 9.62 Å². The summed E-state index contributed by atoms with van der Waals surface area (Å²) in [7, 11) is -1.80. The van der Waals surface area contributed by atoms with Gasteiger partial charge in [0.1, 0.15) is 0 Å². The van der Waals surface area contributed by atoms with E-state index in [2.05, 4.69) is 9.62 Å². The number of hydrogen-bond donors (Lipinski definition) is 1. The van der Waals surface area contributed by atoms with Crippen LogP contribution in [0.25, 0.3) is 0 Å². The molecular weight excluding hydrogens is 447 g/mol. The molecule has 2 aliphatic rings. The highest BCUT2D eigenvalue weighted by molar-refractivity contribution is 7.89. The molecule has 6 nitrogen and oxygen atoms in total. The van der Waals surface area contributed by atoms with Crippen LogP contribution in [0.15, 0.2) is 18.2 Å². The number of nitrogens with one attached hydrogen (secondary N) is 1. The molecule has 1 aliphatic carbocycles. The number of rotatable bonds is 9. The lowest BCUT2D eigenvalue weighted by Gasteiger charge is -2.35. The average molecular weight is 477 g/mol. The lowest BCUT2D eigenvalue weighted by atomic mass is 9.79. The molecule has 1 aromatic rings. The first kappa shape index (κ1) is 23.8. The molecule has 0 aromatic heterocycles. The monoisotopic (exact) mass is 476 g/mol. The van der Waals surface area contributed by atoms with E-state index in [1.807, 2.05) is 13.0 Å². The van der Waals surface area contributed by atoms with Gasteiger partial charge in [-0.15, -0.1) is 0 Å². The summed E-state index contributed by atoms with van der Waals surface area (Å²) in [5.41, 5.74) is -0.0717. The minimum absolute atomic E-state index is 0.00735. The van der Waals surface area contributed by atoms with E-state index < -0.39 is 15.4 Å². The van der Waals surface area contributed by atoms with Gasteiger partial charge in [-0.2, -0.15) is 0 Å². The van der Waals surface area contributed by atoms with E-state index in [0.29, 0.717) is 28.9 Å². The van der Waals surface area contributed by atoms with Crippen LogP contribution in [0.3, 0.4) is 0 Å². The second-order valence-corrected chi connectivity index (χ2v) is 11.3. The number of carbonyl (C=O) groups is 1. The number of halogens is 2. The Morgan fingerprint density at radius 2 is 1.87 bits per heavy atom. The van der Waals surface area contributed by atoms with Crippen molar-refractivity contribution in [1.29, 1.82) is 0 Å². The van der Waals surface area contributed by atoms with Crippen LogP contribution in [0.1, 0.15) is 44.6 Å². The molecule has 1 aromatic carbocycles. The van der Waals surface area contributed by atoms with E-state index in [4.69, 9.17) is 27.9 Å². The Labute approximate surface area is 189 Å². The first-order valence-electron chi connectivity index (χ1n) is 10.4. The smallest absolute Gasteiger partial charge is 0.316 e. The van der Waals surface area contributed by atoms with Crippen LogP contribution in [0, 0.1) is 5.92 Å². The predicted molar refractivity (Wildman–Crippen MR) is 120 cm³/mol. The molecule has 168 valence electrons. The molecule has 1 saturated carbocycles. The second-order valence-electron chi connectivity index (χ2n) is 8.66. The van der Waals surface area contributed by atoms with Crippen molar-refractivity contribution in [2.45, 2.75) is 50.5 Å². The molecule has 1 N–H and O–H groups in total. The fourth-order valence-corrected chi connectivity index (χ4v) is 6.07. The minimum Gasteiger partial charge on any atom is -0.468 e. The van der Waals surface area contributed by atoms with E-state index in [-0.39, 0.29) is 17.8 Å². The third-order valence-electron chi connectivity index (χ3n) is 6.21. The normalized spacial score (nSPS) is 20.7. The van der Waals surface area contributed by atoms with Gasteiger partial charge < -0.3 is 9.64 Å². The first-order chi connectivity index (χ1) is 14.1. The summed E-state index contributed by atoms with van der Waals surface area (Å²) < 4.78 is 32.4. The summed E-state index contributed by atoms with van der Waals surface area (Å²) in [5, 5.41) is 0.849. The number of sulfonamides is 1. The summed E-state index contributed by atoms with van der Waals surface area (Å²) in [4.78, 5) is 14.9. The standard InChI is InChI=1S/C21H30Cl2N2O4S/c1-21(20(26)29-2,16-5-6-18(22)19(23)13-16)9-12-25-10-7-17(8-11-25)24-30(27,28)14-15-3-4-15/h5-6,13,15,17,24H,3-4,7-12,14H2,1-2H3. The highest BCUT2D eigenvalue weighted by atomic mass is 35.5. The largest absolute Gasteiger partial charge is 0.468 e. The van der Waals surface area contributed by atoms with E-state index in [1.165, 1.54) is 7.11 Å². The van der Waals surface area contributed by atoms with E-state index in [0.717, 1.165) is 44.3 Å². The Morgan fingerprint density at radius 3 is 2.43 bits per heavy atom. The van der Waals surface area contributed by atoms with Gasteiger partial charge in [-0.3, -0.25) is 4.79 Å². The van der Waals surface area contributed by atoms with Gasteiger partial charge in [0.25, 0.3) is 0 Å². The molecule has 1 aliphatic heterocycles. The fraction of sp³-hybridized carbons (Fsp3) is 0.667. The second kappa shape index (κ2) is 9.74. The SMILES string of the molecule is COC(=O)C(C)(CCN1CCC(NS(=O)(=O)CC2CC2)CC1)c1ccc(Cl)c(Cl)c1. The first-order valence-corrected chi connectivity index (χ1v) is 12.8. The zero-order valence-electron chi connectivity index (χ0n) is 17.5. The number of esters is 1. The van der Waals surface area contributed by atoms with Crippen LogP contribution < -0.4 is 4.72 Å². The number of nitrogens with zero attached hydrogens (tertiary/aromatic N) is 1. The van der Waals surface area contributed by atoms with Gasteiger partial charge in [0, 0.05) is 6.04 Å². The van der Waals surface area contributed by atoms with Crippen molar-refractivity contribution >= 4 is 39.2 Å². The van der Waals surface area contributed by atoms with Gasteiger partial charge in [-0.05, 0) is 82.3 Å². The number of hydrogen-bond acceptors (Lipinski definition) is 5. The molecule has 0 spiro atoms. The summed E-state index contributed by atoms with van der Waals surface area (Å²) >= 11 is 12.2. The molecule has 3 rings (SSSR count). The zero-order valence-corrected chi connectivity index (χ0v) is 19.8. The topological polar surface area (TPSA) is 75.7 Å². The third kappa shape index (κ3) is 6.10. The molecule has 0 bridgehead atoms. The van der Waals surface area contributed by atoms with E-state index in [1.54, 1.807) is 12.1 Å². The van der Waals surface area contributed by atoms with Crippen LogP contribution in [0.5, 0.6) is 0 Å². The molecule has 1 unspecified atom stereocenters. The maximum absolute atomic E-state index is 12.6. The van der Waals surface area contributed by atoms with Crippen LogP contribution in [0.4, 0.5) is 0 Å². The summed E-state index contributed by atoms with van der Waals surface area (Å²) in [6, 6.07) is 5.22. The number of piperidine rings is 1. The Kier molecular flexibility index (Phi) is 7.72. The molecular formula is C21H30Cl2N2O4S. The van der Waals surface area contributed by atoms with Gasteiger partial charge in [0.15, 0.2) is 0 Å². The van der Waals surface area contributed by atoms with Gasteiger partial charge in [0.05, 0.1) is 28.3 Å². The Bertz CT molecular complexity index is 868. The zero-order chi connectivity index (χ0) is 21.9.